The van der Waals surface area contributed by atoms with Crippen molar-refractivity contribution < 1.29 is 4.79 Å². The third-order valence-electron chi connectivity index (χ3n) is 4.34. The third kappa shape index (κ3) is 2.08. The van der Waals surface area contributed by atoms with Crippen molar-refractivity contribution in [3.63, 3.8) is 0 Å². The second kappa shape index (κ2) is 4.98. The van der Waals surface area contributed by atoms with Crippen molar-refractivity contribution in [2.24, 2.45) is 0 Å². The number of benzene rings is 2. The number of nitrogens with zero attached hydrogens (tertiary/aromatic N) is 2. The molecule has 1 aliphatic rings. The number of aryl methyl sites for hydroxylation is 1. The van der Waals surface area contributed by atoms with Gasteiger partial charge in [-0.1, -0.05) is 30.3 Å². The van der Waals surface area contributed by atoms with E-state index >= 15 is 0 Å². The van der Waals surface area contributed by atoms with Crippen LogP contribution < -0.4 is 0 Å². The van der Waals surface area contributed by atoms with Crippen LogP contribution in [0.4, 0.5) is 0 Å². The molecule has 4 rings (SSSR count). The first kappa shape index (κ1) is 13.1. The average Bonchev–Trinajstić information content (AvgIpc) is 2.89. The molecule has 110 valence electrons. The molecule has 0 atom stereocenters. The monoisotopic (exact) mass is 291 g/mol. The molecule has 1 amide bonds. The number of nitrogens with one attached hydrogen (secondary N) is 1. The van der Waals surface area contributed by atoms with Gasteiger partial charge < -0.3 is 9.88 Å². The fourth-order valence-corrected chi connectivity index (χ4v) is 2.97. The first-order valence-electron chi connectivity index (χ1n) is 7.52. The van der Waals surface area contributed by atoms with E-state index in [0.717, 1.165) is 41.1 Å². The van der Waals surface area contributed by atoms with Gasteiger partial charge in [0.05, 0.1) is 17.0 Å². The molecule has 0 bridgehead atoms. The van der Waals surface area contributed by atoms with Crippen LogP contribution in [-0.2, 0) is 0 Å². The Morgan fingerprint density at radius 2 is 1.86 bits per heavy atom. The molecular formula is C18H17N3O. The molecule has 0 saturated carbocycles. The molecule has 2 aromatic carbocycles. The van der Waals surface area contributed by atoms with E-state index in [1.165, 1.54) is 0 Å². The number of carbonyl (C=O) groups is 1. The summed E-state index contributed by atoms with van der Waals surface area (Å²) in [7, 11) is 0. The molecule has 0 unspecified atom stereocenters. The summed E-state index contributed by atoms with van der Waals surface area (Å²) in [5.74, 6) is 1.40. The minimum atomic E-state index is 0.116. The van der Waals surface area contributed by atoms with Gasteiger partial charge in [0.25, 0.3) is 5.91 Å². The number of hydrogen-bond acceptors (Lipinski definition) is 2. The lowest BCUT2D eigenvalue weighted by Gasteiger charge is -2.38. The minimum absolute atomic E-state index is 0.116. The van der Waals surface area contributed by atoms with Gasteiger partial charge in [0.2, 0.25) is 0 Å². The molecule has 1 saturated heterocycles. The highest BCUT2D eigenvalue weighted by Crippen LogP contribution is 2.28. The maximum absolute atomic E-state index is 12.5. The van der Waals surface area contributed by atoms with E-state index in [1.54, 1.807) is 0 Å². The van der Waals surface area contributed by atoms with E-state index < -0.39 is 0 Å². The van der Waals surface area contributed by atoms with Gasteiger partial charge in [0, 0.05) is 18.7 Å². The number of H-pyrrole nitrogens is 1. The highest BCUT2D eigenvalue weighted by molar-refractivity contribution is 5.96. The van der Waals surface area contributed by atoms with Crippen LogP contribution in [0.2, 0.25) is 0 Å². The number of hydrogen-bond donors (Lipinski definition) is 1. The molecule has 1 N–H and O–H groups in total. The summed E-state index contributed by atoms with van der Waals surface area (Å²) >= 11 is 0. The number of rotatable bonds is 2. The van der Waals surface area contributed by atoms with Gasteiger partial charge in [0.1, 0.15) is 5.82 Å². The van der Waals surface area contributed by atoms with Gasteiger partial charge in [-0.3, -0.25) is 4.79 Å². The molecule has 22 heavy (non-hydrogen) atoms. The summed E-state index contributed by atoms with van der Waals surface area (Å²) in [6.07, 6.45) is 0. The first-order valence-corrected chi connectivity index (χ1v) is 7.52. The zero-order valence-corrected chi connectivity index (χ0v) is 12.4. The summed E-state index contributed by atoms with van der Waals surface area (Å²) in [5.41, 5.74) is 3.87. The standard InChI is InChI=1S/C18H17N3O/c1-12-6-2-3-7-14(12)18(22)21-10-13(11-21)17-19-15-8-4-5-9-16(15)20-17/h2-9,13H,10-11H2,1H3,(H,19,20). The lowest BCUT2D eigenvalue weighted by molar-refractivity contribution is 0.0595. The van der Waals surface area contributed by atoms with Crippen molar-refractivity contribution in [1.29, 1.82) is 0 Å². The molecule has 0 radical (unpaired) electrons. The zero-order chi connectivity index (χ0) is 15.1. The Labute approximate surface area is 128 Å². The van der Waals surface area contributed by atoms with Crippen molar-refractivity contribution in [3.05, 3.63) is 65.5 Å². The predicted molar refractivity (Wildman–Crippen MR) is 85.9 cm³/mol. The summed E-state index contributed by atoms with van der Waals surface area (Å²) in [6.45, 7) is 3.43. The number of aromatic nitrogens is 2. The molecular weight excluding hydrogens is 274 g/mol. The number of fused-ring (bicyclic) bond motifs is 1. The van der Waals surface area contributed by atoms with Crippen LogP contribution in [-0.4, -0.2) is 33.9 Å². The fourth-order valence-electron chi connectivity index (χ4n) is 2.97. The molecule has 2 heterocycles. The Hall–Kier alpha value is -2.62. The Kier molecular flexibility index (Phi) is 2.96. The summed E-state index contributed by atoms with van der Waals surface area (Å²) < 4.78 is 0. The lowest BCUT2D eigenvalue weighted by Crippen LogP contribution is -2.49. The Morgan fingerprint density at radius 1 is 1.14 bits per heavy atom. The molecule has 1 fully saturated rings. The number of imidazole rings is 1. The quantitative estimate of drug-likeness (QED) is 0.788. The second-order valence-electron chi connectivity index (χ2n) is 5.86. The van der Waals surface area contributed by atoms with Crippen molar-refractivity contribution in [3.8, 4) is 0 Å². The van der Waals surface area contributed by atoms with Gasteiger partial charge in [-0.05, 0) is 30.7 Å². The van der Waals surface area contributed by atoms with Gasteiger partial charge in [-0.2, -0.15) is 0 Å². The van der Waals surface area contributed by atoms with Crippen LogP contribution in [0.25, 0.3) is 11.0 Å². The Morgan fingerprint density at radius 3 is 2.64 bits per heavy atom. The normalized spacial score (nSPS) is 15.0. The van der Waals surface area contributed by atoms with E-state index in [-0.39, 0.29) is 5.91 Å². The van der Waals surface area contributed by atoms with Crippen molar-refractivity contribution in [2.45, 2.75) is 12.8 Å². The highest BCUT2D eigenvalue weighted by atomic mass is 16.2. The van der Waals surface area contributed by atoms with Crippen molar-refractivity contribution in [2.75, 3.05) is 13.1 Å². The smallest absolute Gasteiger partial charge is 0.254 e. The van der Waals surface area contributed by atoms with Gasteiger partial charge >= 0.3 is 0 Å². The zero-order valence-electron chi connectivity index (χ0n) is 12.4. The number of amides is 1. The van der Waals surface area contributed by atoms with Crippen LogP contribution >= 0.6 is 0 Å². The first-order chi connectivity index (χ1) is 10.7. The van der Waals surface area contributed by atoms with Crippen LogP contribution in [0.1, 0.15) is 27.7 Å². The topological polar surface area (TPSA) is 49.0 Å². The predicted octanol–water partition coefficient (Wildman–Crippen LogP) is 3.11. The summed E-state index contributed by atoms with van der Waals surface area (Å²) in [4.78, 5) is 22.4. The fraction of sp³-hybridized carbons (Fsp3) is 0.222. The molecule has 4 nitrogen and oxygen atoms in total. The highest BCUT2D eigenvalue weighted by Gasteiger charge is 2.34. The Balaban J connectivity index is 1.50. The third-order valence-corrected chi connectivity index (χ3v) is 4.34. The number of para-hydroxylation sites is 2. The minimum Gasteiger partial charge on any atom is -0.342 e. The summed E-state index contributed by atoms with van der Waals surface area (Å²) in [6, 6.07) is 15.8. The van der Waals surface area contributed by atoms with Gasteiger partial charge in [-0.15, -0.1) is 0 Å². The van der Waals surface area contributed by atoms with E-state index in [0.29, 0.717) is 5.92 Å². The SMILES string of the molecule is Cc1ccccc1C(=O)N1CC(c2nc3ccccc3[nH]2)C1. The number of likely N-dealkylation sites (tertiary alicyclic amines) is 1. The molecule has 0 spiro atoms. The maximum atomic E-state index is 12.5. The summed E-state index contributed by atoms with van der Waals surface area (Å²) in [5, 5.41) is 0. The van der Waals surface area contributed by atoms with Crippen LogP contribution in [0.15, 0.2) is 48.5 Å². The van der Waals surface area contributed by atoms with E-state index in [2.05, 4.69) is 9.97 Å². The molecule has 0 aliphatic carbocycles. The van der Waals surface area contributed by atoms with Crippen LogP contribution in [0, 0.1) is 6.92 Å². The number of carbonyl (C=O) groups excluding carboxylic acids is 1. The van der Waals surface area contributed by atoms with Crippen LogP contribution in [0.5, 0.6) is 0 Å². The van der Waals surface area contributed by atoms with Gasteiger partial charge in [0.15, 0.2) is 0 Å². The Bertz CT molecular complexity index is 813. The van der Waals surface area contributed by atoms with E-state index in [9.17, 15) is 4.79 Å². The molecule has 3 aromatic rings. The van der Waals surface area contributed by atoms with Crippen molar-refractivity contribution >= 4 is 16.9 Å². The van der Waals surface area contributed by atoms with Crippen LogP contribution in [0.3, 0.4) is 0 Å². The largest absolute Gasteiger partial charge is 0.342 e. The average molecular weight is 291 g/mol. The van der Waals surface area contributed by atoms with Crippen molar-refractivity contribution in [1.82, 2.24) is 14.9 Å². The molecule has 1 aliphatic heterocycles. The molecule has 4 heteroatoms. The van der Waals surface area contributed by atoms with Gasteiger partial charge in [-0.25, -0.2) is 4.98 Å². The van der Waals surface area contributed by atoms with E-state index in [1.807, 2.05) is 60.4 Å². The maximum Gasteiger partial charge on any atom is 0.254 e. The lowest BCUT2D eigenvalue weighted by atomic mass is 9.97. The van der Waals surface area contributed by atoms with E-state index in [4.69, 9.17) is 0 Å². The second-order valence-corrected chi connectivity index (χ2v) is 5.86. The molecule has 1 aromatic heterocycles. The number of aromatic amines is 1.